The lowest BCUT2D eigenvalue weighted by molar-refractivity contribution is -0.187. The van der Waals surface area contributed by atoms with Crippen LogP contribution in [0, 0.1) is 12.7 Å². The van der Waals surface area contributed by atoms with Crippen molar-refractivity contribution in [1.82, 2.24) is 0 Å². The van der Waals surface area contributed by atoms with E-state index in [-0.39, 0.29) is 12.4 Å². The van der Waals surface area contributed by atoms with Crippen LogP contribution in [0.25, 0.3) is 17.2 Å². The van der Waals surface area contributed by atoms with Gasteiger partial charge in [-0.1, -0.05) is 24.3 Å². The van der Waals surface area contributed by atoms with E-state index in [1.54, 1.807) is 18.2 Å². The molecule has 0 aliphatic rings. The number of hydrogen-bond donors (Lipinski definition) is 2. The van der Waals surface area contributed by atoms with Crippen molar-refractivity contribution in [2.75, 3.05) is 18.1 Å². The molecular weight excluding hydrogens is 602 g/mol. The molecule has 0 saturated heterocycles. The van der Waals surface area contributed by atoms with Crippen LogP contribution < -0.4 is 20.9 Å². The number of rotatable bonds is 11. The van der Waals surface area contributed by atoms with Crippen molar-refractivity contribution in [2.45, 2.75) is 32.2 Å². The van der Waals surface area contributed by atoms with E-state index in [0.717, 1.165) is 47.0 Å². The molecule has 4 aromatic carbocycles. The van der Waals surface area contributed by atoms with Crippen molar-refractivity contribution in [1.29, 1.82) is 0 Å². The largest absolute Gasteiger partial charge is 0.493 e. The molecule has 12 heteroatoms. The first-order chi connectivity index (χ1) is 21.2. The lowest BCUT2D eigenvalue weighted by Crippen LogP contribution is -2.22. The summed E-state index contributed by atoms with van der Waals surface area (Å²) in [5.41, 5.74) is 16.0. The fourth-order valence-electron chi connectivity index (χ4n) is 4.27. The minimum Gasteiger partial charge on any atom is -0.493 e. The van der Waals surface area contributed by atoms with Gasteiger partial charge in [-0.05, 0) is 89.3 Å². The van der Waals surface area contributed by atoms with Crippen molar-refractivity contribution >= 4 is 23.4 Å². The first kappa shape index (κ1) is 32.8. The molecule has 0 atom stereocenters. The molecule has 0 aliphatic carbocycles. The molecule has 4 aromatic rings. The lowest BCUT2D eigenvalue weighted by Gasteiger charge is -2.19. The van der Waals surface area contributed by atoms with Crippen molar-refractivity contribution in [2.24, 2.45) is 0 Å². The second-order valence-electron chi connectivity index (χ2n) is 9.98. The minimum atomic E-state index is -4.46. The highest BCUT2D eigenvalue weighted by Gasteiger charge is 2.35. The van der Waals surface area contributed by atoms with Crippen LogP contribution in [0.2, 0.25) is 0 Å². The van der Waals surface area contributed by atoms with Gasteiger partial charge in [-0.25, -0.2) is 9.18 Å². The number of halogens is 6. The zero-order valence-electron chi connectivity index (χ0n) is 23.8. The van der Waals surface area contributed by atoms with E-state index in [9.17, 15) is 31.1 Å². The number of aryl methyl sites for hydroxylation is 1. The fourth-order valence-corrected chi connectivity index (χ4v) is 4.27. The van der Waals surface area contributed by atoms with Gasteiger partial charge >= 0.3 is 18.3 Å². The number of nitrogen functional groups attached to an aromatic ring is 2. The third-order valence-electron chi connectivity index (χ3n) is 6.49. The first-order valence-corrected chi connectivity index (χ1v) is 13.5. The molecule has 0 fully saturated rings. The van der Waals surface area contributed by atoms with Gasteiger partial charge in [0.1, 0.15) is 12.4 Å². The summed E-state index contributed by atoms with van der Waals surface area (Å²) in [6.45, 7) is 1.08. The standard InChI is InChI=1S/C33H28F6N2O4/c1-20-16-24(40)7-10-27(20)28-11-8-25(41)17-22(28)19-44-31(42)13-4-21-2-5-23(6-3-21)33(38,39)45-30-12-9-26(18-29(30)34)43-15-14-32(35,36)37/h2-13,16-18H,14-15,19,40-41H2,1H3/b13-4+. The molecule has 0 saturated carbocycles. The second-order valence-corrected chi connectivity index (χ2v) is 9.98. The monoisotopic (exact) mass is 630 g/mol. The Balaban J connectivity index is 1.36. The number of alkyl halides is 5. The summed E-state index contributed by atoms with van der Waals surface area (Å²) < 4.78 is 95.3. The Bertz CT molecular complexity index is 1690. The summed E-state index contributed by atoms with van der Waals surface area (Å²) in [5, 5.41) is 0. The second kappa shape index (κ2) is 13.7. The van der Waals surface area contributed by atoms with Crippen LogP contribution in [0.4, 0.5) is 37.7 Å². The smallest absolute Gasteiger partial charge is 0.426 e. The highest BCUT2D eigenvalue weighted by molar-refractivity contribution is 5.87. The number of anilines is 2. The van der Waals surface area contributed by atoms with Gasteiger partial charge < -0.3 is 25.7 Å². The quantitative estimate of drug-likeness (QED) is 0.0751. The Morgan fingerprint density at radius 3 is 2.16 bits per heavy atom. The molecule has 0 radical (unpaired) electrons. The Kier molecular flexibility index (Phi) is 9.95. The molecule has 0 amide bonds. The molecule has 45 heavy (non-hydrogen) atoms. The molecule has 0 heterocycles. The number of benzene rings is 4. The molecule has 0 aliphatic heterocycles. The summed E-state index contributed by atoms with van der Waals surface area (Å²) >= 11 is 0. The average molecular weight is 631 g/mol. The van der Waals surface area contributed by atoms with Gasteiger partial charge in [0, 0.05) is 23.5 Å². The Morgan fingerprint density at radius 1 is 0.844 bits per heavy atom. The van der Waals surface area contributed by atoms with E-state index >= 15 is 0 Å². The van der Waals surface area contributed by atoms with Gasteiger partial charge in [0.25, 0.3) is 0 Å². The summed E-state index contributed by atoms with van der Waals surface area (Å²) in [6, 6.07) is 17.9. The van der Waals surface area contributed by atoms with Crippen molar-refractivity contribution in [3.05, 3.63) is 113 Å². The van der Waals surface area contributed by atoms with Crippen molar-refractivity contribution in [3.63, 3.8) is 0 Å². The average Bonchev–Trinajstić information content (AvgIpc) is 2.96. The zero-order chi connectivity index (χ0) is 32.8. The molecule has 6 nitrogen and oxygen atoms in total. The van der Waals surface area contributed by atoms with Crippen LogP contribution >= 0.6 is 0 Å². The topological polar surface area (TPSA) is 96.8 Å². The van der Waals surface area contributed by atoms with Gasteiger partial charge in [0.05, 0.1) is 18.6 Å². The van der Waals surface area contributed by atoms with E-state index in [2.05, 4.69) is 4.74 Å². The number of ether oxygens (including phenoxy) is 3. The van der Waals surface area contributed by atoms with Gasteiger partial charge in [-0.2, -0.15) is 22.0 Å². The number of carbonyl (C=O) groups excluding carboxylic acids is 1. The fraction of sp³-hybridized carbons (Fsp3) is 0.182. The molecule has 0 spiro atoms. The third kappa shape index (κ3) is 9.18. The van der Waals surface area contributed by atoms with Gasteiger partial charge in [0.15, 0.2) is 11.6 Å². The van der Waals surface area contributed by atoms with E-state index in [0.29, 0.717) is 28.6 Å². The van der Waals surface area contributed by atoms with E-state index in [1.165, 1.54) is 18.2 Å². The maximum Gasteiger partial charge on any atom is 0.426 e. The Hall–Kier alpha value is -5.13. The third-order valence-corrected chi connectivity index (χ3v) is 6.49. The van der Waals surface area contributed by atoms with Crippen molar-refractivity contribution < 1.29 is 45.3 Å². The van der Waals surface area contributed by atoms with Crippen LogP contribution in [0.5, 0.6) is 11.5 Å². The van der Waals surface area contributed by atoms with E-state index < -0.39 is 48.4 Å². The number of nitrogens with two attached hydrogens (primary N) is 2. The zero-order valence-corrected chi connectivity index (χ0v) is 23.8. The van der Waals surface area contributed by atoms with Gasteiger partial charge in [-0.15, -0.1) is 0 Å². The summed E-state index contributed by atoms with van der Waals surface area (Å²) in [4.78, 5) is 12.4. The summed E-state index contributed by atoms with van der Waals surface area (Å²) in [5.74, 6) is -3.03. The molecular formula is C33H28F6N2O4. The summed E-state index contributed by atoms with van der Waals surface area (Å²) in [6.07, 6.45) is -7.17. The Morgan fingerprint density at radius 2 is 1.51 bits per heavy atom. The van der Waals surface area contributed by atoms with E-state index in [4.69, 9.17) is 20.9 Å². The molecule has 236 valence electrons. The number of hydrogen-bond acceptors (Lipinski definition) is 6. The molecule has 4 rings (SSSR count). The highest BCUT2D eigenvalue weighted by Crippen LogP contribution is 2.35. The SMILES string of the molecule is Cc1cc(N)ccc1-c1ccc(N)cc1COC(=O)/C=C/c1ccc(C(F)(F)Oc2ccc(OCCC(F)(F)F)cc2F)cc1. The predicted octanol–water partition coefficient (Wildman–Crippen LogP) is 8.18. The van der Waals surface area contributed by atoms with Crippen LogP contribution in [0.15, 0.2) is 84.9 Å². The molecule has 0 aromatic heterocycles. The van der Waals surface area contributed by atoms with Crippen LogP contribution in [-0.4, -0.2) is 18.8 Å². The van der Waals surface area contributed by atoms with Crippen LogP contribution in [0.1, 0.15) is 28.7 Å². The number of carbonyl (C=O) groups is 1. The van der Waals surface area contributed by atoms with Gasteiger partial charge in [0.2, 0.25) is 0 Å². The number of esters is 1. The Labute approximate surface area is 254 Å². The van der Waals surface area contributed by atoms with Crippen molar-refractivity contribution in [3.8, 4) is 22.6 Å². The van der Waals surface area contributed by atoms with E-state index in [1.807, 2.05) is 25.1 Å². The predicted molar refractivity (Wildman–Crippen MR) is 158 cm³/mol. The highest BCUT2D eigenvalue weighted by atomic mass is 19.4. The minimum absolute atomic E-state index is 0.0763. The normalized spacial score (nSPS) is 11.9. The van der Waals surface area contributed by atoms with Crippen LogP contribution in [0.3, 0.4) is 0 Å². The molecule has 0 bridgehead atoms. The lowest BCUT2D eigenvalue weighted by atomic mass is 9.95. The maximum absolute atomic E-state index is 14.7. The summed E-state index contributed by atoms with van der Waals surface area (Å²) in [7, 11) is 0. The first-order valence-electron chi connectivity index (χ1n) is 13.5. The molecule has 4 N–H and O–H groups in total. The van der Waals surface area contributed by atoms with Crippen LogP contribution in [-0.2, 0) is 22.2 Å². The molecule has 0 unspecified atom stereocenters. The van der Waals surface area contributed by atoms with Gasteiger partial charge in [-0.3, -0.25) is 0 Å². The maximum atomic E-state index is 14.7.